The first-order valence-electron chi connectivity index (χ1n) is 7.73. The lowest BCUT2D eigenvalue weighted by Crippen LogP contribution is -2.48. The molecule has 1 fully saturated rings. The van der Waals surface area contributed by atoms with Crippen LogP contribution in [0.5, 0.6) is 5.75 Å². The van der Waals surface area contributed by atoms with E-state index in [0.717, 1.165) is 0 Å². The van der Waals surface area contributed by atoms with E-state index in [1.807, 2.05) is 4.90 Å². The Hall–Kier alpha value is -3.04. The number of amides is 1. The number of nitrogens with zero attached hydrogens (tertiary/aromatic N) is 4. The van der Waals surface area contributed by atoms with Crippen LogP contribution in [-0.4, -0.2) is 58.6 Å². The van der Waals surface area contributed by atoms with Crippen LogP contribution in [0.2, 0.25) is 0 Å². The summed E-state index contributed by atoms with van der Waals surface area (Å²) in [6, 6.07) is 5.37. The van der Waals surface area contributed by atoms with Gasteiger partial charge in [0.05, 0.1) is 0 Å². The number of halogens is 3. The molecule has 0 bridgehead atoms. The highest BCUT2D eigenvalue weighted by Gasteiger charge is 2.31. The van der Waals surface area contributed by atoms with Crippen LogP contribution in [-0.2, 0) is 0 Å². The lowest BCUT2D eigenvalue weighted by atomic mass is 10.1. The zero-order valence-electron chi connectivity index (χ0n) is 13.5. The molecule has 1 amide bonds. The molecule has 0 radical (unpaired) electrons. The van der Waals surface area contributed by atoms with Crippen LogP contribution in [0.3, 0.4) is 0 Å². The first-order valence-corrected chi connectivity index (χ1v) is 7.73. The number of ether oxygens (including phenoxy) is 1. The average Bonchev–Trinajstić information content (AvgIpc) is 2.61. The molecule has 0 saturated carbocycles. The van der Waals surface area contributed by atoms with E-state index in [1.54, 1.807) is 0 Å². The molecule has 0 spiro atoms. The van der Waals surface area contributed by atoms with Crippen LogP contribution in [0.1, 0.15) is 0 Å². The number of piperazine rings is 1. The first kappa shape index (κ1) is 17.8. The number of anilines is 1. The maximum atomic E-state index is 12.3. The van der Waals surface area contributed by atoms with Crippen molar-refractivity contribution in [2.45, 2.75) is 6.36 Å². The molecule has 0 aliphatic carbocycles. The summed E-state index contributed by atoms with van der Waals surface area (Å²) >= 11 is 0. The summed E-state index contributed by atoms with van der Waals surface area (Å²) in [5, 5.41) is 9.02. The summed E-state index contributed by atoms with van der Waals surface area (Å²) in [5.74, 6) is 0.240. The molecule has 138 valence electrons. The quantitative estimate of drug-likeness (QED) is 0.898. The Balaban J connectivity index is 1.80. The monoisotopic (exact) mass is 368 g/mol. The lowest BCUT2D eigenvalue weighted by Gasteiger charge is -2.34. The SMILES string of the molecule is O=C(O)N1CCN(c2nccnc2-c2ccc(OC(F)(F)F)cc2)CC1. The van der Waals surface area contributed by atoms with Gasteiger partial charge in [0.1, 0.15) is 11.4 Å². The molecule has 0 atom stereocenters. The Morgan fingerprint density at radius 3 is 2.23 bits per heavy atom. The normalized spacial score (nSPS) is 15.0. The topological polar surface area (TPSA) is 78.8 Å². The minimum atomic E-state index is -4.75. The molecule has 2 aromatic rings. The molecular weight excluding hydrogens is 353 g/mol. The molecule has 10 heteroatoms. The molecular formula is C16H15F3N4O3. The van der Waals surface area contributed by atoms with Gasteiger partial charge in [0, 0.05) is 44.1 Å². The third-order valence-electron chi connectivity index (χ3n) is 3.89. The highest BCUT2D eigenvalue weighted by molar-refractivity contribution is 5.73. The zero-order chi connectivity index (χ0) is 18.7. The van der Waals surface area contributed by atoms with Gasteiger partial charge in [-0.25, -0.2) is 9.78 Å². The summed E-state index contributed by atoms with van der Waals surface area (Å²) in [4.78, 5) is 22.8. The lowest BCUT2D eigenvalue weighted by molar-refractivity contribution is -0.274. The summed E-state index contributed by atoms with van der Waals surface area (Å²) in [6.07, 6.45) is -2.71. The van der Waals surface area contributed by atoms with Gasteiger partial charge in [-0.15, -0.1) is 13.2 Å². The van der Waals surface area contributed by atoms with Crippen LogP contribution in [0.25, 0.3) is 11.3 Å². The van der Waals surface area contributed by atoms with E-state index in [9.17, 15) is 18.0 Å². The van der Waals surface area contributed by atoms with E-state index >= 15 is 0 Å². The third kappa shape index (κ3) is 4.13. The Labute approximate surface area is 146 Å². The van der Waals surface area contributed by atoms with Crippen molar-refractivity contribution < 1.29 is 27.8 Å². The van der Waals surface area contributed by atoms with E-state index < -0.39 is 12.5 Å². The van der Waals surface area contributed by atoms with Gasteiger partial charge in [-0.3, -0.25) is 4.98 Å². The van der Waals surface area contributed by atoms with Crippen molar-refractivity contribution in [3.63, 3.8) is 0 Å². The van der Waals surface area contributed by atoms with Gasteiger partial charge >= 0.3 is 12.5 Å². The van der Waals surface area contributed by atoms with Crippen molar-refractivity contribution in [2.75, 3.05) is 31.1 Å². The summed E-state index contributed by atoms with van der Waals surface area (Å²) in [5.41, 5.74) is 1.10. The van der Waals surface area contributed by atoms with Crippen molar-refractivity contribution >= 4 is 11.9 Å². The molecule has 0 unspecified atom stereocenters. The highest BCUT2D eigenvalue weighted by Crippen LogP contribution is 2.30. The van der Waals surface area contributed by atoms with Crippen LogP contribution in [0, 0.1) is 0 Å². The van der Waals surface area contributed by atoms with Crippen molar-refractivity contribution in [3.8, 4) is 17.0 Å². The molecule has 7 nitrogen and oxygen atoms in total. The van der Waals surface area contributed by atoms with Gasteiger partial charge in [-0.05, 0) is 24.3 Å². The molecule has 2 heterocycles. The molecule has 3 rings (SSSR count). The second kappa shape index (κ2) is 7.06. The van der Waals surface area contributed by atoms with Crippen LogP contribution in [0.15, 0.2) is 36.7 Å². The van der Waals surface area contributed by atoms with Gasteiger partial charge in [-0.2, -0.15) is 0 Å². The van der Waals surface area contributed by atoms with Crippen molar-refractivity contribution in [2.24, 2.45) is 0 Å². The number of alkyl halides is 3. The largest absolute Gasteiger partial charge is 0.573 e. The fourth-order valence-corrected chi connectivity index (χ4v) is 2.69. The standard InChI is InChI=1S/C16H15F3N4O3/c17-16(18,19)26-12-3-1-11(2-4-12)13-14(21-6-5-20-13)22-7-9-23(10-8-22)15(24)25/h1-6H,7-10H2,(H,24,25). The Bertz CT molecular complexity index is 775. The van der Waals surface area contributed by atoms with Crippen LogP contribution >= 0.6 is 0 Å². The van der Waals surface area contributed by atoms with Gasteiger partial charge in [0.15, 0.2) is 5.82 Å². The highest BCUT2D eigenvalue weighted by atomic mass is 19.4. The summed E-state index contributed by atoms with van der Waals surface area (Å²) in [6.45, 7) is 1.58. The van der Waals surface area contributed by atoms with E-state index in [4.69, 9.17) is 5.11 Å². The van der Waals surface area contributed by atoms with E-state index in [2.05, 4.69) is 14.7 Å². The number of hydrogen-bond donors (Lipinski definition) is 1. The Morgan fingerprint density at radius 1 is 1.04 bits per heavy atom. The van der Waals surface area contributed by atoms with Crippen molar-refractivity contribution in [3.05, 3.63) is 36.7 Å². The fourth-order valence-electron chi connectivity index (χ4n) is 2.69. The summed E-state index contributed by atoms with van der Waals surface area (Å²) < 4.78 is 40.7. The van der Waals surface area contributed by atoms with E-state index in [1.165, 1.54) is 41.6 Å². The molecule has 1 saturated heterocycles. The van der Waals surface area contributed by atoms with Crippen LogP contribution in [0.4, 0.5) is 23.8 Å². The van der Waals surface area contributed by atoms with Crippen LogP contribution < -0.4 is 9.64 Å². The average molecular weight is 368 g/mol. The van der Waals surface area contributed by atoms with Crippen molar-refractivity contribution in [1.29, 1.82) is 0 Å². The molecule has 1 aromatic heterocycles. The van der Waals surface area contributed by atoms with Crippen molar-refractivity contribution in [1.82, 2.24) is 14.9 Å². The maximum absolute atomic E-state index is 12.3. The fraction of sp³-hybridized carbons (Fsp3) is 0.312. The molecule has 1 aliphatic rings. The minimum absolute atomic E-state index is 0.318. The smallest absolute Gasteiger partial charge is 0.465 e. The first-order chi connectivity index (χ1) is 12.3. The number of rotatable bonds is 3. The molecule has 26 heavy (non-hydrogen) atoms. The van der Waals surface area contributed by atoms with Gasteiger partial charge in [-0.1, -0.05) is 0 Å². The van der Waals surface area contributed by atoms with Gasteiger partial charge in [0.25, 0.3) is 0 Å². The number of aromatic nitrogens is 2. The number of benzene rings is 1. The number of carbonyl (C=O) groups is 1. The Kier molecular flexibility index (Phi) is 4.83. The summed E-state index contributed by atoms with van der Waals surface area (Å²) in [7, 11) is 0. The van der Waals surface area contributed by atoms with E-state index in [-0.39, 0.29) is 5.75 Å². The predicted molar refractivity (Wildman–Crippen MR) is 86.0 cm³/mol. The molecule has 1 aromatic carbocycles. The van der Waals surface area contributed by atoms with Gasteiger partial charge < -0.3 is 19.6 Å². The Morgan fingerprint density at radius 2 is 1.65 bits per heavy atom. The number of carboxylic acid groups (broad SMARTS) is 1. The molecule has 1 N–H and O–H groups in total. The zero-order valence-corrected chi connectivity index (χ0v) is 13.5. The molecule has 1 aliphatic heterocycles. The predicted octanol–water partition coefficient (Wildman–Crippen LogP) is 2.84. The third-order valence-corrected chi connectivity index (χ3v) is 3.89. The maximum Gasteiger partial charge on any atom is 0.573 e. The second-order valence-electron chi connectivity index (χ2n) is 5.56. The number of hydrogen-bond acceptors (Lipinski definition) is 5. The van der Waals surface area contributed by atoms with Gasteiger partial charge in [0.2, 0.25) is 0 Å². The minimum Gasteiger partial charge on any atom is -0.465 e. The van der Waals surface area contributed by atoms with E-state index in [0.29, 0.717) is 43.3 Å². The second-order valence-corrected chi connectivity index (χ2v) is 5.56.